The molecular formula is C20H26N2O5. The number of hydrogen-bond donors (Lipinski definition) is 2. The standard InChI is InChI=1S/C20H26N2O5/c23-18-10-16(13-22(18)12-14-4-2-1-3-5-14)19(24)21-11-17(20(25)26)15-6-8-27-9-7-15/h1-5,15-17H,6-13H2,(H,21,24)(H,25,26). The van der Waals surface area contributed by atoms with Gasteiger partial charge in [-0.2, -0.15) is 0 Å². The third-order valence-electron chi connectivity index (χ3n) is 5.45. The van der Waals surface area contributed by atoms with Crippen LogP contribution in [-0.4, -0.2) is 54.1 Å². The molecule has 2 aliphatic heterocycles. The molecule has 2 heterocycles. The predicted octanol–water partition coefficient (Wildman–Crippen LogP) is 1.28. The van der Waals surface area contributed by atoms with E-state index in [0.29, 0.717) is 39.1 Å². The molecule has 27 heavy (non-hydrogen) atoms. The summed E-state index contributed by atoms with van der Waals surface area (Å²) in [5, 5.41) is 12.3. The number of carboxylic acids is 1. The average molecular weight is 374 g/mol. The molecule has 0 spiro atoms. The fraction of sp³-hybridized carbons (Fsp3) is 0.550. The third kappa shape index (κ3) is 5.07. The Labute approximate surface area is 158 Å². The first-order chi connectivity index (χ1) is 13.0. The van der Waals surface area contributed by atoms with Gasteiger partial charge in [0.2, 0.25) is 11.8 Å². The first kappa shape index (κ1) is 19.4. The van der Waals surface area contributed by atoms with Gasteiger partial charge in [0.05, 0.1) is 11.8 Å². The molecule has 2 unspecified atom stereocenters. The molecule has 0 saturated carbocycles. The van der Waals surface area contributed by atoms with Crippen LogP contribution in [0.15, 0.2) is 30.3 Å². The zero-order valence-corrected chi connectivity index (χ0v) is 15.3. The molecule has 7 nitrogen and oxygen atoms in total. The topological polar surface area (TPSA) is 95.9 Å². The summed E-state index contributed by atoms with van der Waals surface area (Å²) in [4.78, 5) is 38.0. The number of amides is 2. The number of ether oxygens (including phenoxy) is 1. The van der Waals surface area contributed by atoms with Crippen molar-refractivity contribution in [1.29, 1.82) is 0 Å². The lowest BCUT2D eigenvalue weighted by molar-refractivity contribution is -0.145. The Kier molecular flexibility index (Phi) is 6.45. The van der Waals surface area contributed by atoms with Crippen molar-refractivity contribution >= 4 is 17.8 Å². The number of carbonyl (C=O) groups excluding carboxylic acids is 2. The number of aliphatic carboxylic acids is 1. The Morgan fingerprint density at radius 1 is 1.22 bits per heavy atom. The largest absolute Gasteiger partial charge is 0.481 e. The molecule has 0 aliphatic carbocycles. The van der Waals surface area contributed by atoms with Crippen LogP contribution in [0.5, 0.6) is 0 Å². The highest BCUT2D eigenvalue weighted by Crippen LogP contribution is 2.25. The smallest absolute Gasteiger partial charge is 0.308 e. The quantitative estimate of drug-likeness (QED) is 0.750. The molecule has 1 aromatic rings. The van der Waals surface area contributed by atoms with E-state index in [-0.39, 0.29) is 30.7 Å². The molecule has 146 valence electrons. The minimum Gasteiger partial charge on any atom is -0.481 e. The third-order valence-corrected chi connectivity index (χ3v) is 5.45. The summed E-state index contributed by atoms with van der Waals surface area (Å²) in [6.45, 7) is 2.09. The molecule has 1 aromatic carbocycles. The van der Waals surface area contributed by atoms with E-state index < -0.39 is 17.8 Å². The van der Waals surface area contributed by atoms with E-state index in [1.165, 1.54) is 0 Å². The van der Waals surface area contributed by atoms with Crippen molar-refractivity contribution in [3.63, 3.8) is 0 Å². The van der Waals surface area contributed by atoms with Gasteiger partial charge in [0.15, 0.2) is 0 Å². The lowest BCUT2D eigenvalue weighted by atomic mass is 9.86. The number of carboxylic acid groups (broad SMARTS) is 1. The summed E-state index contributed by atoms with van der Waals surface area (Å²) in [6.07, 6.45) is 1.56. The van der Waals surface area contributed by atoms with Gasteiger partial charge in [-0.15, -0.1) is 0 Å². The van der Waals surface area contributed by atoms with Crippen LogP contribution in [0, 0.1) is 17.8 Å². The summed E-state index contributed by atoms with van der Waals surface area (Å²) < 4.78 is 5.29. The van der Waals surface area contributed by atoms with Gasteiger partial charge in [-0.05, 0) is 24.3 Å². The van der Waals surface area contributed by atoms with Gasteiger partial charge in [-0.1, -0.05) is 30.3 Å². The van der Waals surface area contributed by atoms with Crippen molar-refractivity contribution in [3.8, 4) is 0 Å². The fourth-order valence-electron chi connectivity index (χ4n) is 3.83. The monoisotopic (exact) mass is 374 g/mol. The summed E-state index contributed by atoms with van der Waals surface area (Å²) >= 11 is 0. The first-order valence-corrected chi connectivity index (χ1v) is 9.44. The van der Waals surface area contributed by atoms with Crippen LogP contribution in [0.4, 0.5) is 0 Å². The molecule has 2 atom stereocenters. The van der Waals surface area contributed by atoms with E-state index in [0.717, 1.165) is 5.56 Å². The summed E-state index contributed by atoms with van der Waals surface area (Å²) in [5.41, 5.74) is 1.03. The summed E-state index contributed by atoms with van der Waals surface area (Å²) in [5.74, 6) is -2.21. The second-order valence-corrected chi connectivity index (χ2v) is 7.30. The molecule has 2 N–H and O–H groups in total. The second kappa shape index (κ2) is 8.99. The Morgan fingerprint density at radius 2 is 1.93 bits per heavy atom. The Hall–Kier alpha value is -2.41. The number of nitrogens with one attached hydrogen (secondary N) is 1. The maximum Gasteiger partial charge on any atom is 0.308 e. The highest BCUT2D eigenvalue weighted by molar-refractivity contribution is 5.89. The van der Waals surface area contributed by atoms with Crippen molar-refractivity contribution in [1.82, 2.24) is 10.2 Å². The number of hydrogen-bond acceptors (Lipinski definition) is 4. The number of nitrogens with zero attached hydrogens (tertiary/aromatic N) is 1. The lowest BCUT2D eigenvalue weighted by Crippen LogP contribution is -2.41. The van der Waals surface area contributed by atoms with Crippen LogP contribution in [0.2, 0.25) is 0 Å². The van der Waals surface area contributed by atoms with Crippen molar-refractivity contribution < 1.29 is 24.2 Å². The molecule has 0 aromatic heterocycles. The van der Waals surface area contributed by atoms with Crippen LogP contribution in [0.3, 0.4) is 0 Å². The van der Waals surface area contributed by atoms with Gasteiger partial charge in [0.1, 0.15) is 0 Å². The Bertz CT molecular complexity index is 672. The molecule has 3 rings (SSSR count). The van der Waals surface area contributed by atoms with Gasteiger partial charge < -0.3 is 20.1 Å². The molecule has 2 aliphatic rings. The average Bonchev–Trinajstić information content (AvgIpc) is 3.04. The van der Waals surface area contributed by atoms with Gasteiger partial charge in [0.25, 0.3) is 0 Å². The van der Waals surface area contributed by atoms with Crippen LogP contribution in [0.25, 0.3) is 0 Å². The summed E-state index contributed by atoms with van der Waals surface area (Å²) in [7, 11) is 0. The SMILES string of the molecule is O=C(NCC(C(=O)O)C1CCOCC1)C1CC(=O)N(Cc2ccccc2)C1. The van der Waals surface area contributed by atoms with Crippen molar-refractivity contribution in [2.45, 2.75) is 25.8 Å². The van der Waals surface area contributed by atoms with Crippen LogP contribution in [0.1, 0.15) is 24.8 Å². The highest BCUT2D eigenvalue weighted by atomic mass is 16.5. The van der Waals surface area contributed by atoms with Crippen molar-refractivity contribution in [2.75, 3.05) is 26.3 Å². The van der Waals surface area contributed by atoms with E-state index in [1.807, 2.05) is 30.3 Å². The van der Waals surface area contributed by atoms with Crippen LogP contribution >= 0.6 is 0 Å². The summed E-state index contributed by atoms with van der Waals surface area (Å²) in [6, 6.07) is 9.66. The van der Waals surface area contributed by atoms with Gasteiger partial charge in [-0.3, -0.25) is 14.4 Å². The van der Waals surface area contributed by atoms with E-state index in [9.17, 15) is 19.5 Å². The normalized spacial score (nSPS) is 21.9. The maximum atomic E-state index is 12.5. The minimum absolute atomic E-state index is 0.0105. The molecule has 2 fully saturated rings. The minimum atomic E-state index is -0.893. The van der Waals surface area contributed by atoms with E-state index in [1.54, 1.807) is 4.90 Å². The Balaban J connectivity index is 1.51. The van der Waals surface area contributed by atoms with Crippen molar-refractivity contribution in [2.24, 2.45) is 17.8 Å². The number of benzene rings is 1. The molecule has 2 amide bonds. The van der Waals surface area contributed by atoms with Crippen LogP contribution < -0.4 is 5.32 Å². The van der Waals surface area contributed by atoms with E-state index >= 15 is 0 Å². The zero-order chi connectivity index (χ0) is 19.2. The van der Waals surface area contributed by atoms with Gasteiger partial charge in [-0.25, -0.2) is 0 Å². The molecule has 0 bridgehead atoms. The van der Waals surface area contributed by atoms with Crippen LogP contribution in [-0.2, 0) is 25.7 Å². The number of rotatable bonds is 7. The molecule has 0 radical (unpaired) electrons. The predicted molar refractivity (Wildman–Crippen MR) is 97.6 cm³/mol. The van der Waals surface area contributed by atoms with E-state index in [4.69, 9.17) is 4.74 Å². The van der Waals surface area contributed by atoms with E-state index in [2.05, 4.69) is 5.32 Å². The fourth-order valence-corrected chi connectivity index (χ4v) is 3.83. The van der Waals surface area contributed by atoms with Crippen molar-refractivity contribution in [3.05, 3.63) is 35.9 Å². The van der Waals surface area contributed by atoms with Gasteiger partial charge in [0, 0.05) is 39.3 Å². The molecule has 7 heteroatoms. The molecular weight excluding hydrogens is 348 g/mol. The van der Waals surface area contributed by atoms with Gasteiger partial charge >= 0.3 is 5.97 Å². The number of carbonyl (C=O) groups is 3. The zero-order valence-electron chi connectivity index (χ0n) is 15.3. The molecule has 2 saturated heterocycles. The highest BCUT2D eigenvalue weighted by Gasteiger charge is 2.35. The number of likely N-dealkylation sites (tertiary alicyclic amines) is 1. The second-order valence-electron chi connectivity index (χ2n) is 7.30. The first-order valence-electron chi connectivity index (χ1n) is 9.44. The Morgan fingerprint density at radius 3 is 2.59 bits per heavy atom. The maximum absolute atomic E-state index is 12.5. The lowest BCUT2D eigenvalue weighted by Gasteiger charge is -2.28.